The van der Waals surface area contributed by atoms with E-state index < -0.39 is 6.04 Å². The van der Waals surface area contributed by atoms with Gasteiger partial charge in [0.1, 0.15) is 6.04 Å². The quantitative estimate of drug-likeness (QED) is 0.774. The Labute approximate surface area is 143 Å². The molecular weight excluding hydrogens is 312 g/mol. The highest BCUT2D eigenvalue weighted by Gasteiger charge is 2.28. The van der Waals surface area contributed by atoms with Crippen LogP contribution in [0.5, 0.6) is 0 Å². The van der Waals surface area contributed by atoms with Crippen molar-refractivity contribution in [3.63, 3.8) is 0 Å². The third-order valence-electron chi connectivity index (χ3n) is 3.49. The first-order chi connectivity index (χ1) is 10.8. The van der Waals surface area contributed by atoms with E-state index in [2.05, 4.69) is 11.9 Å². The lowest BCUT2D eigenvalue weighted by atomic mass is 10.0. The van der Waals surface area contributed by atoms with E-state index in [0.29, 0.717) is 23.7 Å². The molecular formula is C18H25ClN2O2. The lowest BCUT2D eigenvalue weighted by molar-refractivity contribution is -0.133. The standard InChI is InChI=1S/C18H25ClN2O2/c1-6-21(11-12(2)3)18(23)16(13(4)5)20-17(22)14-9-7-8-10-15(14)19/h7-10,13,16H,2,6,11H2,1,3-5H3,(H,20,22). The van der Waals surface area contributed by atoms with Crippen LogP contribution in [0.15, 0.2) is 36.4 Å². The Kier molecular flexibility index (Phi) is 7.30. The van der Waals surface area contributed by atoms with Gasteiger partial charge in [0, 0.05) is 13.1 Å². The number of likely N-dealkylation sites (N-methyl/N-ethyl adjacent to an activating group) is 1. The van der Waals surface area contributed by atoms with Gasteiger partial charge in [-0.05, 0) is 31.9 Å². The van der Waals surface area contributed by atoms with Crippen LogP contribution in [0.2, 0.25) is 5.02 Å². The number of hydrogen-bond donors (Lipinski definition) is 1. The van der Waals surface area contributed by atoms with Crippen LogP contribution in [-0.2, 0) is 4.79 Å². The molecule has 0 saturated carbocycles. The van der Waals surface area contributed by atoms with Crippen molar-refractivity contribution in [2.45, 2.75) is 33.7 Å². The van der Waals surface area contributed by atoms with Gasteiger partial charge in [-0.3, -0.25) is 9.59 Å². The molecule has 1 atom stereocenters. The summed E-state index contributed by atoms with van der Waals surface area (Å²) in [5.41, 5.74) is 1.27. The second-order valence-electron chi connectivity index (χ2n) is 5.98. The fraction of sp³-hybridized carbons (Fsp3) is 0.444. The van der Waals surface area contributed by atoms with E-state index in [9.17, 15) is 9.59 Å². The van der Waals surface area contributed by atoms with Gasteiger partial charge in [0.25, 0.3) is 5.91 Å². The third-order valence-corrected chi connectivity index (χ3v) is 3.82. The van der Waals surface area contributed by atoms with Crippen molar-refractivity contribution in [1.29, 1.82) is 0 Å². The number of carbonyl (C=O) groups excluding carboxylic acids is 2. The molecule has 0 saturated heterocycles. The summed E-state index contributed by atoms with van der Waals surface area (Å²) in [5, 5.41) is 3.19. The zero-order valence-electron chi connectivity index (χ0n) is 14.2. The van der Waals surface area contributed by atoms with Crippen LogP contribution in [0.4, 0.5) is 0 Å². The zero-order chi connectivity index (χ0) is 17.6. The molecule has 0 aliphatic rings. The van der Waals surface area contributed by atoms with E-state index in [1.165, 1.54) is 0 Å². The van der Waals surface area contributed by atoms with Crippen LogP contribution in [0, 0.1) is 5.92 Å². The maximum absolute atomic E-state index is 12.7. The highest BCUT2D eigenvalue weighted by molar-refractivity contribution is 6.33. The highest BCUT2D eigenvalue weighted by Crippen LogP contribution is 2.16. The molecule has 1 N–H and O–H groups in total. The lowest BCUT2D eigenvalue weighted by Gasteiger charge is -2.29. The van der Waals surface area contributed by atoms with E-state index >= 15 is 0 Å². The molecule has 2 amide bonds. The average molecular weight is 337 g/mol. The Bertz CT molecular complexity index is 584. The summed E-state index contributed by atoms with van der Waals surface area (Å²) in [6, 6.07) is 6.20. The summed E-state index contributed by atoms with van der Waals surface area (Å²) in [5.74, 6) is -0.479. The first-order valence-electron chi connectivity index (χ1n) is 7.76. The fourth-order valence-corrected chi connectivity index (χ4v) is 2.47. The zero-order valence-corrected chi connectivity index (χ0v) is 15.0. The van der Waals surface area contributed by atoms with Crippen LogP contribution < -0.4 is 5.32 Å². The number of nitrogens with one attached hydrogen (secondary N) is 1. The Balaban J connectivity index is 2.94. The molecule has 5 heteroatoms. The molecule has 4 nitrogen and oxygen atoms in total. The van der Waals surface area contributed by atoms with Crippen LogP contribution in [0.1, 0.15) is 38.1 Å². The maximum Gasteiger partial charge on any atom is 0.253 e. The molecule has 0 aromatic heterocycles. The van der Waals surface area contributed by atoms with Gasteiger partial charge >= 0.3 is 0 Å². The molecule has 0 aliphatic carbocycles. The van der Waals surface area contributed by atoms with Crippen molar-refractivity contribution in [1.82, 2.24) is 10.2 Å². The number of hydrogen-bond acceptors (Lipinski definition) is 2. The number of halogens is 1. The number of amides is 2. The van der Waals surface area contributed by atoms with Gasteiger partial charge in [0.2, 0.25) is 5.91 Å². The summed E-state index contributed by atoms with van der Waals surface area (Å²) in [6.07, 6.45) is 0. The SMILES string of the molecule is C=C(C)CN(CC)C(=O)C(NC(=O)c1ccccc1Cl)C(C)C. The normalized spacial score (nSPS) is 11.9. The number of nitrogens with zero attached hydrogens (tertiary/aromatic N) is 1. The summed E-state index contributed by atoms with van der Waals surface area (Å²) in [6.45, 7) is 12.5. The van der Waals surface area contributed by atoms with Gasteiger partial charge in [0.05, 0.1) is 10.6 Å². The smallest absolute Gasteiger partial charge is 0.253 e. The fourth-order valence-electron chi connectivity index (χ4n) is 2.25. The largest absolute Gasteiger partial charge is 0.340 e. The molecule has 1 unspecified atom stereocenters. The molecule has 0 aliphatic heterocycles. The molecule has 1 aromatic carbocycles. The summed E-state index contributed by atoms with van der Waals surface area (Å²) in [4.78, 5) is 26.9. The Morgan fingerprint density at radius 2 is 1.91 bits per heavy atom. The Morgan fingerprint density at radius 3 is 2.39 bits per heavy atom. The maximum atomic E-state index is 12.7. The van der Waals surface area contributed by atoms with Gasteiger partial charge in [-0.15, -0.1) is 0 Å². The van der Waals surface area contributed by atoms with Gasteiger partial charge in [-0.2, -0.15) is 0 Å². The summed E-state index contributed by atoms with van der Waals surface area (Å²) >= 11 is 6.05. The second-order valence-corrected chi connectivity index (χ2v) is 6.39. The molecule has 0 fully saturated rings. The van der Waals surface area contributed by atoms with Crippen LogP contribution in [0.3, 0.4) is 0 Å². The van der Waals surface area contributed by atoms with E-state index in [1.807, 2.05) is 27.7 Å². The van der Waals surface area contributed by atoms with Gasteiger partial charge in [-0.25, -0.2) is 0 Å². The molecule has 23 heavy (non-hydrogen) atoms. The van der Waals surface area contributed by atoms with Gasteiger partial charge in [0.15, 0.2) is 0 Å². The van der Waals surface area contributed by atoms with Gasteiger partial charge < -0.3 is 10.2 Å². The molecule has 1 aromatic rings. The predicted molar refractivity (Wildman–Crippen MR) is 94.6 cm³/mol. The molecule has 0 bridgehead atoms. The van der Waals surface area contributed by atoms with Crippen molar-refractivity contribution in [3.8, 4) is 0 Å². The monoisotopic (exact) mass is 336 g/mol. The van der Waals surface area contributed by atoms with Crippen LogP contribution in [-0.4, -0.2) is 35.8 Å². The summed E-state index contributed by atoms with van der Waals surface area (Å²) < 4.78 is 0. The van der Waals surface area contributed by atoms with E-state index in [1.54, 1.807) is 29.2 Å². The van der Waals surface area contributed by atoms with Crippen molar-refractivity contribution in [3.05, 3.63) is 47.0 Å². The number of benzene rings is 1. The minimum Gasteiger partial charge on any atom is -0.340 e. The van der Waals surface area contributed by atoms with E-state index in [4.69, 9.17) is 11.6 Å². The number of carbonyl (C=O) groups is 2. The van der Waals surface area contributed by atoms with Crippen molar-refractivity contribution < 1.29 is 9.59 Å². The molecule has 126 valence electrons. The van der Waals surface area contributed by atoms with Crippen molar-refractivity contribution in [2.75, 3.05) is 13.1 Å². The first-order valence-corrected chi connectivity index (χ1v) is 8.14. The topological polar surface area (TPSA) is 49.4 Å². The van der Waals surface area contributed by atoms with Crippen LogP contribution >= 0.6 is 11.6 Å². The van der Waals surface area contributed by atoms with E-state index in [-0.39, 0.29) is 17.7 Å². The first kappa shape index (κ1) is 19.2. The number of rotatable bonds is 7. The lowest BCUT2D eigenvalue weighted by Crippen LogP contribution is -2.51. The molecule has 0 heterocycles. The van der Waals surface area contributed by atoms with Crippen molar-refractivity contribution >= 4 is 23.4 Å². The molecule has 0 radical (unpaired) electrons. The highest BCUT2D eigenvalue weighted by atomic mass is 35.5. The average Bonchev–Trinajstić information content (AvgIpc) is 2.49. The van der Waals surface area contributed by atoms with Crippen LogP contribution in [0.25, 0.3) is 0 Å². The minimum atomic E-state index is -0.599. The van der Waals surface area contributed by atoms with Crippen molar-refractivity contribution in [2.24, 2.45) is 5.92 Å². The summed E-state index contributed by atoms with van der Waals surface area (Å²) in [7, 11) is 0. The van der Waals surface area contributed by atoms with Gasteiger partial charge in [-0.1, -0.05) is 49.7 Å². The Morgan fingerprint density at radius 1 is 1.30 bits per heavy atom. The Hall–Kier alpha value is -1.81. The third kappa shape index (κ3) is 5.39. The van der Waals surface area contributed by atoms with E-state index in [0.717, 1.165) is 5.57 Å². The minimum absolute atomic E-state index is 0.0342. The molecule has 1 rings (SSSR count). The molecule has 0 spiro atoms. The second kappa shape index (κ2) is 8.73. The predicted octanol–water partition coefficient (Wildman–Crippen LogP) is 3.52.